The second kappa shape index (κ2) is 12.1. The Kier molecular flexibility index (Phi) is 7.66. The summed E-state index contributed by atoms with van der Waals surface area (Å²) in [7, 11) is 0. The molecule has 2 atom stereocenters. The van der Waals surface area contributed by atoms with E-state index in [0.717, 1.165) is 55.3 Å². The van der Waals surface area contributed by atoms with Crippen LogP contribution in [0.15, 0.2) is 97.1 Å². The molecule has 0 spiro atoms. The van der Waals surface area contributed by atoms with Crippen molar-refractivity contribution in [3.63, 3.8) is 0 Å². The summed E-state index contributed by atoms with van der Waals surface area (Å²) in [6.45, 7) is 5.35. The molecule has 3 aliphatic rings. The summed E-state index contributed by atoms with van der Waals surface area (Å²) in [6, 6.07) is 32.6. The fourth-order valence-corrected chi connectivity index (χ4v) is 6.80. The minimum absolute atomic E-state index is 0.118. The van der Waals surface area contributed by atoms with Crippen molar-refractivity contribution in [2.75, 3.05) is 49.1 Å². The lowest BCUT2D eigenvalue weighted by Gasteiger charge is -2.37. The molecule has 224 valence electrons. The van der Waals surface area contributed by atoms with Crippen molar-refractivity contribution in [3.8, 4) is 11.5 Å². The number of benzene rings is 4. The van der Waals surface area contributed by atoms with Gasteiger partial charge < -0.3 is 14.7 Å². The number of carbonyl (C=O) groups excluding carboxylic acids is 2. The highest BCUT2D eigenvalue weighted by Gasteiger charge is 2.34. The van der Waals surface area contributed by atoms with Gasteiger partial charge in [-0.05, 0) is 41.0 Å². The van der Waals surface area contributed by atoms with Gasteiger partial charge >= 0.3 is 6.03 Å². The van der Waals surface area contributed by atoms with Gasteiger partial charge in [-0.2, -0.15) is 0 Å². The molecule has 2 fully saturated rings. The third-order valence-electron chi connectivity index (χ3n) is 9.10. The van der Waals surface area contributed by atoms with Gasteiger partial charge in [-0.3, -0.25) is 19.9 Å². The number of carbonyl (C=O) groups is 2. The van der Waals surface area contributed by atoms with Crippen molar-refractivity contribution in [1.29, 1.82) is 0 Å². The number of rotatable bonds is 6. The molecular weight excluding hydrogens is 552 g/mol. The van der Waals surface area contributed by atoms with Crippen molar-refractivity contribution < 1.29 is 19.4 Å². The van der Waals surface area contributed by atoms with Crippen LogP contribution in [0, 0.1) is 0 Å². The highest BCUT2D eigenvalue weighted by molar-refractivity contribution is 6.05. The number of piperazine rings is 1. The lowest BCUT2D eigenvalue weighted by Crippen LogP contribution is -2.50. The predicted molar refractivity (Wildman–Crippen MR) is 171 cm³/mol. The molecule has 4 aromatic rings. The summed E-state index contributed by atoms with van der Waals surface area (Å²) < 4.78 is 6.14. The van der Waals surface area contributed by atoms with E-state index in [0.29, 0.717) is 19.6 Å². The third-order valence-corrected chi connectivity index (χ3v) is 9.10. The molecular formula is C36H36N4O4. The molecule has 8 nitrogen and oxygen atoms in total. The SMILES string of the molecule is O=C1CCN(c2ccccc2CN2CCN(c3ccc([C@@H]4c5ccc(O)cc5OC[C@@H]4c4ccccc4)cc3)CC2)C(=O)N1. The van der Waals surface area contributed by atoms with Crippen LogP contribution in [-0.2, 0) is 11.3 Å². The van der Waals surface area contributed by atoms with Crippen LogP contribution >= 0.6 is 0 Å². The summed E-state index contributed by atoms with van der Waals surface area (Å²) in [5.74, 6) is 1.03. The van der Waals surface area contributed by atoms with Crippen molar-refractivity contribution in [1.82, 2.24) is 10.2 Å². The van der Waals surface area contributed by atoms with Gasteiger partial charge in [0.05, 0.1) is 6.61 Å². The topological polar surface area (TPSA) is 85.4 Å². The maximum atomic E-state index is 12.5. The molecule has 3 amide bonds. The summed E-state index contributed by atoms with van der Waals surface area (Å²) in [4.78, 5) is 30.7. The Bertz CT molecular complexity index is 1650. The number of imide groups is 1. The number of ether oxygens (including phenoxy) is 1. The van der Waals surface area contributed by atoms with Crippen molar-refractivity contribution >= 4 is 23.3 Å². The molecule has 2 N–H and O–H groups in total. The van der Waals surface area contributed by atoms with Crippen LogP contribution in [0.5, 0.6) is 11.5 Å². The molecule has 4 aromatic carbocycles. The monoisotopic (exact) mass is 588 g/mol. The van der Waals surface area contributed by atoms with Crippen LogP contribution in [-0.4, -0.2) is 61.3 Å². The minimum Gasteiger partial charge on any atom is -0.508 e. The van der Waals surface area contributed by atoms with Gasteiger partial charge in [-0.25, -0.2) is 4.79 Å². The first-order valence-electron chi connectivity index (χ1n) is 15.3. The first-order chi connectivity index (χ1) is 21.5. The molecule has 8 heteroatoms. The van der Waals surface area contributed by atoms with E-state index in [4.69, 9.17) is 4.74 Å². The molecule has 0 aromatic heterocycles. The summed E-state index contributed by atoms with van der Waals surface area (Å²) in [6.07, 6.45) is 0.315. The van der Waals surface area contributed by atoms with Crippen molar-refractivity contribution in [2.24, 2.45) is 0 Å². The molecule has 3 aliphatic heterocycles. The first-order valence-corrected chi connectivity index (χ1v) is 15.3. The molecule has 44 heavy (non-hydrogen) atoms. The Hall–Kier alpha value is -4.82. The molecule has 3 heterocycles. The van der Waals surface area contributed by atoms with Crippen LogP contribution in [0.25, 0.3) is 0 Å². The van der Waals surface area contributed by atoms with E-state index >= 15 is 0 Å². The molecule has 0 saturated carbocycles. The number of hydrogen-bond acceptors (Lipinski definition) is 6. The number of amides is 3. The molecule has 0 aliphatic carbocycles. The van der Waals surface area contributed by atoms with Gasteiger partial charge in [0, 0.05) is 80.5 Å². The van der Waals surface area contributed by atoms with E-state index < -0.39 is 0 Å². The van der Waals surface area contributed by atoms with Gasteiger partial charge in [0.15, 0.2) is 0 Å². The lowest BCUT2D eigenvalue weighted by molar-refractivity contribution is -0.120. The van der Waals surface area contributed by atoms with Crippen LogP contribution in [0.3, 0.4) is 0 Å². The number of anilines is 2. The maximum Gasteiger partial charge on any atom is 0.328 e. The van der Waals surface area contributed by atoms with Crippen LogP contribution in [0.1, 0.15) is 40.5 Å². The zero-order valence-electron chi connectivity index (χ0n) is 24.6. The van der Waals surface area contributed by atoms with E-state index in [-0.39, 0.29) is 29.5 Å². The summed E-state index contributed by atoms with van der Waals surface area (Å²) >= 11 is 0. The number of urea groups is 1. The smallest absolute Gasteiger partial charge is 0.328 e. The van der Waals surface area contributed by atoms with Crippen LogP contribution < -0.4 is 19.9 Å². The minimum atomic E-state index is -0.348. The van der Waals surface area contributed by atoms with Gasteiger partial charge in [0.2, 0.25) is 5.91 Å². The number of nitrogens with zero attached hydrogens (tertiary/aromatic N) is 3. The van der Waals surface area contributed by atoms with E-state index in [1.165, 1.54) is 16.8 Å². The van der Waals surface area contributed by atoms with Gasteiger partial charge in [0.25, 0.3) is 0 Å². The number of para-hydroxylation sites is 1. The largest absolute Gasteiger partial charge is 0.508 e. The molecule has 7 rings (SSSR count). The van der Waals surface area contributed by atoms with E-state index in [9.17, 15) is 14.7 Å². The molecule has 0 unspecified atom stereocenters. The average molecular weight is 589 g/mol. The Labute approximate surface area is 257 Å². The van der Waals surface area contributed by atoms with E-state index in [1.54, 1.807) is 17.0 Å². The Morgan fingerprint density at radius 3 is 2.32 bits per heavy atom. The zero-order chi connectivity index (χ0) is 30.0. The molecule has 0 radical (unpaired) electrons. The quantitative estimate of drug-likeness (QED) is 0.311. The highest BCUT2D eigenvalue weighted by atomic mass is 16.5. The fourth-order valence-electron chi connectivity index (χ4n) is 6.80. The van der Waals surface area contributed by atoms with Gasteiger partial charge in [0.1, 0.15) is 11.5 Å². The number of phenols is 1. The number of fused-ring (bicyclic) bond motifs is 1. The molecule has 2 saturated heterocycles. The maximum absolute atomic E-state index is 12.5. The second-order valence-corrected chi connectivity index (χ2v) is 11.8. The zero-order valence-corrected chi connectivity index (χ0v) is 24.6. The van der Waals surface area contributed by atoms with Crippen molar-refractivity contribution in [2.45, 2.75) is 24.8 Å². The lowest BCUT2D eigenvalue weighted by atomic mass is 9.76. The fraction of sp³-hybridized carbons (Fsp3) is 0.278. The predicted octanol–water partition coefficient (Wildman–Crippen LogP) is 5.47. The molecule has 0 bridgehead atoms. The standard InChI is InChI=1S/C36H36N4O4/c41-29-14-15-30-33(22-29)44-24-31(25-6-2-1-3-7-25)35(30)26-10-12-28(13-11-26)39-20-18-38(19-21-39)23-27-8-4-5-9-32(27)40-17-16-34(42)37-36(40)43/h1-15,22,31,35,41H,16-21,23-24H2,(H,37,42,43)/t31-,35-/m1/s1. The van der Waals surface area contributed by atoms with Crippen LogP contribution in [0.4, 0.5) is 16.2 Å². The highest BCUT2D eigenvalue weighted by Crippen LogP contribution is 2.47. The normalized spacial score (nSPS) is 20.5. The Morgan fingerprint density at radius 1 is 0.795 bits per heavy atom. The second-order valence-electron chi connectivity index (χ2n) is 11.8. The summed E-state index contributed by atoms with van der Waals surface area (Å²) in [5.41, 5.74) is 6.74. The number of aromatic hydroxyl groups is 1. The van der Waals surface area contributed by atoms with E-state index in [1.807, 2.05) is 30.3 Å². The first kappa shape index (κ1) is 28.0. The summed E-state index contributed by atoms with van der Waals surface area (Å²) in [5, 5.41) is 12.5. The van der Waals surface area contributed by atoms with E-state index in [2.05, 4.69) is 69.7 Å². The Morgan fingerprint density at radius 2 is 1.55 bits per heavy atom. The van der Waals surface area contributed by atoms with Crippen LogP contribution in [0.2, 0.25) is 0 Å². The van der Waals surface area contributed by atoms with Gasteiger partial charge in [-0.1, -0.05) is 66.7 Å². The van der Waals surface area contributed by atoms with Crippen molar-refractivity contribution in [3.05, 3.63) is 119 Å². The number of hydrogen-bond donors (Lipinski definition) is 2. The Balaban J connectivity index is 1.05. The van der Waals surface area contributed by atoms with Gasteiger partial charge in [-0.15, -0.1) is 0 Å². The third kappa shape index (κ3) is 5.61. The number of nitrogens with one attached hydrogen (secondary N) is 1. The average Bonchev–Trinajstić information content (AvgIpc) is 3.05. The number of phenolic OH excluding ortho intramolecular Hbond substituents is 1.